The summed E-state index contributed by atoms with van der Waals surface area (Å²) in [5.41, 5.74) is -0.302. The number of hydrogen-bond acceptors (Lipinski definition) is 4. The van der Waals surface area contributed by atoms with Gasteiger partial charge in [0.1, 0.15) is 5.75 Å². The van der Waals surface area contributed by atoms with Gasteiger partial charge < -0.3 is 14.8 Å². The minimum absolute atomic E-state index is 0.162. The van der Waals surface area contributed by atoms with Crippen LogP contribution < -0.4 is 5.56 Å². The molecule has 0 aromatic carbocycles. The van der Waals surface area contributed by atoms with E-state index in [4.69, 9.17) is 4.74 Å². The van der Waals surface area contributed by atoms with Crippen molar-refractivity contribution in [1.29, 1.82) is 0 Å². The third kappa shape index (κ3) is 3.34. The van der Waals surface area contributed by atoms with E-state index in [1.165, 1.54) is 6.07 Å². The molecule has 2 N–H and O–H groups in total. The van der Waals surface area contributed by atoms with E-state index in [0.717, 1.165) is 12.8 Å². The molecule has 0 saturated heterocycles. The van der Waals surface area contributed by atoms with E-state index in [2.05, 4.69) is 4.98 Å². The third-order valence-corrected chi connectivity index (χ3v) is 2.35. The number of carbonyl (C=O) groups is 1. The second-order valence-corrected chi connectivity index (χ2v) is 3.71. The van der Waals surface area contributed by atoms with Crippen molar-refractivity contribution in [3.8, 4) is 5.75 Å². The molecular formula is C12H17NO4. The first-order chi connectivity index (χ1) is 8.10. The molecule has 0 amide bonds. The van der Waals surface area contributed by atoms with Crippen molar-refractivity contribution in [2.45, 2.75) is 33.1 Å². The quantitative estimate of drug-likeness (QED) is 0.765. The molecule has 0 fully saturated rings. The summed E-state index contributed by atoms with van der Waals surface area (Å²) in [5, 5.41) is 9.65. The lowest BCUT2D eigenvalue weighted by Gasteiger charge is -2.06. The van der Waals surface area contributed by atoms with Crippen molar-refractivity contribution in [3.63, 3.8) is 0 Å². The first kappa shape index (κ1) is 13.3. The zero-order valence-electron chi connectivity index (χ0n) is 10.1. The number of rotatable bonds is 5. The maximum atomic E-state index is 11.6. The van der Waals surface area contributed by atoms with E-state index >= 15 is 0 Å². The third-order valence-electron chi connectivity index (χ3n) is 2.35. The summed E-state index contributed by atoms with van der Waals surface area (Å²) < 4.78 is 4.69. The van der Waals surface area contributed by atoms with Gasteiger partial charge in [0.15, 0.2) is 5.56 Å². The van der Waals surface area contributed by atoms with Gasteiger partial charge in [-0.3, -0.25) is 4.79 Å². The molecule has 0 aliphatic heterocycles. The van der Waals surface area contributed by atoms with Gasteiger partial charge in [-0.1, -0.05) is 13.3 Å². The van der Waals surface area contributed by atoms with Crippen molar-refractivity contribution in [2.24, 2.45) is 0 Å². The lowest BCUT2D eigenvalue weighted by Crippen LogP contribution is -2.21. The fraction of sp³-hybridized carbons (Fsp3) is 0.500. The van der Waals surface area contributed by atoms with Gasteiger partial charge in [0.05, 0.1) is 6.61 Å². The minimum atomic E-state index is -0.798. The average molecular weight is 239 g/mol. The van der Waals surface area contributed by atoms with Crippen molar-refractivity contribution >= 4 is 5.97 Å². The fourth-order valence-corrected chi connectivity index (χ4v) is 1.50. The van der Waals surface area contributed by atoms with Crippen LogP contribution in [0.2, 0.25) is 0 Å². The molecule has 0 atom stereocenters. The van der Waals surface area contributed by atoms with Crippen LogP contribution in [-0.2, 0) is 11.2 Å². The lowest BCUT2D eigenvalue weighted by molar-refractivity contribution is 0.0521. The smallest absolute Gasteiger partial charge is 0.347 e. The maximum absolute atomic E-state index is 11.6. The number of nitrogens with one attached hydrogen (secondary N) is 1. The van der Waals surface area contributed by atoms with E-state index in [1.54, 1.807) is 6.92 Å². The van der Waals surface area contributed by atoms with Crippen LogP contribution in [0.15, 0.2) is 10.9 Å². The molecule has 0 spiro atoms. The molecular weight excluding hydrogens is 222 g/mol. The zero-order chi connectivity index (χ0) is 12.8. The number of aromatic amines is 1. The van der Waals surface area contributed by atoms with Gasteiger partial charge in [-0.25, -0.2) is 4.79 Å². The Hall–Kier alpha value is -1.78. The van der Waals surface area contributed by atoms with Crippen LogP contribution in [0.4, 0.5) is 0 Å². The topological polar surface area (TPSA) is 79.4 Å². The molecule has 0 aliphatic rings. The Morgan fingerprint density at radius 1 is 1.47 bits per heavy atom. The van der Waals surface area contributed by atoms with E-state index in [1.807, 2.05) is 6.92 Å². The van der Waals surface area contributed by atoms with Gasteiger partial charge in [-0.05, 0) is 19.8 Å². The second-order valence-electron chi connectivity index (χ2n) is 3.71. The molecule has 0 saturated carbocycles. The molecule has 1 aromatic heterocycles. The number of esters is 1. The Kier molecular flexibility index (Phi) is 4.75. The summed E-state index contributed by atoms with van der Waals surface area (Å²) in [4.78, 5) is 25.6. The highest BCUT2D eigenvalue weighted by molar-refractivity contribution is 5.91. The second kappa shape index (κ2) is 6.08. The van der Waals surface area contributed by atoms with Crippen LogP contribution in [0.5, 0.6) is 5.75 Å². The molecule has 0 radical (unpaired) electrons. The van der Waals surface area contributed by atoms with Crippen molar-refractivity contribution < 1.29 is 14.6 Å². The maximum Gasteiger partial charge on any atom is 0.347 e. The highest BCUT2D eigenvalue weighted by Gasteiger charge is 2.17. The standard InChI is InChI=1S/C12H17NO4/c1-3-5-6-8-7-9(14)10(11(15)13-8)12(16)17-4-2/h7H,3-6H2,1-2H3,(H2,13,14,15). The molecule has 5 nitrogen and oxygen atoms in total. The number of carbonyl (C=O) groups excluding carboxylic acids is 1. The molecule has 5 heteroatoms. The Labute approximate surface area is 99.4 Å². The largest absolute Gasteiger partial charge is 0.507 e. The van der Waals surface area contributed by atoms with Crippen molar-refractivity contribution in [3.05, 3.63) is 27.7 Å². The van der Waals surface area contributed by atoms with E-state index in [0.29, 0.717) is 12.1 Å². The van der Waals surface area contributed by atoms with Crippen LogP contribution in [-0.4, -0.2) is 22.7 Å². The molecule has 0 unspecified atom stereocenters. The normalized spacial score (nSPS) is 10.2. The lowest BCUT2D eigenvalue weighted by atomic mass is 10.1. The number of pyridine rings is 1. The Morgan fingerprint density at radius 2 is 2.18 bits per heavy atom. The number of aromatic nitrogens is 1. The molecule has 1 heterocycles. The predicted molar refractivity (Wildman–Crippen MR) is 63.3 cm³/mol. The van der Waals surface area contributed by atoms with Crippen LogP contribution in [0.25, 0.3) is 0 Å². The highest BCUT2D eigenvalue weighted by atomic mass is 16.5. The average Bonchev–Trinajstić information content (AvgIpc) is 2.25. The van der Waals surface area contributed by atoms with Gasteiger partial charge in [-0.15, -0.1) is 0 Å². The van der Waals surface area contributed by atoms with Crippen LogP contribution in [0.1, 0.15) is 42.7 Å². The first-order valence-corrected chi connectivity index (χ1v) is 5.72. The molecule has 17 heavy (non-hydrogen) atoms. The summed E-state index contributed by atoms with van der Waals surface area (Å²) in [6.45, 7) is 3.83. The van der Waals surface area contributed by atoms with Gasteiger partial charge in [0, 0.05) is 11.8 Å². The van der Waals surface area contributed by atoms with E-state index in [-0.39, 0.29) is 17.9 Å². The fourth-order valence-electron chi connectivity index (χ4n) is 1.50. The SMILES string of the molecule is CCCCc1cc(O)c(C(=O)OCC)c(=O)[nH]1. The minimum Gasteiger partial charge on any atom is -0.507 e. The molecule has 1 rings (SSSR count). The molecule has 1 aromatic rings. The summed E-state index contributed by atoms with van der Waals surface area (Å²) in [6.07, 6.45) is 2.57. The Bertz CT molecular complexity index is 450. The molecule has 0 aliphatic carbocycles. The summed E-state index contributed by atoms with van der Waals surface area (Å²) in [6, 6.07) is 1.41. The number of unbranched alkanes of at least 4 members (excludes halogenated alkanes) is 1. The van der Waals surface area contributed by atoms with Crippen molar-refractivity contribution in [2.75, 3.05) is 6.61 Å². The van der Waals surface area contributed by atoms with Gasteiger partial charge in [-0.2, -0.15) is 0 Å². The number of aromatic hydroxyl groups is 1. The monoisotopic (exact) mass is 239 g/mol. The predicted octanol–water partition coefficient (Wildman–Crippen LogP) is 1.60. The van der Waals surface area contributed by atoms with Crippen LogP contribution in [0.3, 0.4) is 0 Å². The van der Waals surface area contributed by atoms with Crippen LogP contribution >= 0.6 is 0 Å². The van der Waals surface area contributed by atoms with Crippen LogP contribution in [0, 0.1) is 0 Å². The number of ether oxygens (including phenoxy) is 1. The zero-order valence-corrected chi connectivity index (χ0v) is 10.1. The number of aryl methyl sites for hydroxylation is 1. The molecule has 0 bridgehead atoms. The number of hydrogen-bond donors (Lipinski definition) is 2. The van der Waals surface area contributed by atoms with Gasteiger partial charge >= 0.3 is 5.97 Å². The van der Waals surface area contributed by atoms with Crippen molar-refractivity contribution in [1.82, 2.24) is 4.98 Å². The van der Waals surface area contributed by atoms with E-state index < -0.39 is 11.5 Å². The first-order valence-electron chi connectivity index (χ1n) is 5.72. The van der Waals surface area contributed by atoms with Gasteiger partial charge in [0.25, 0.3) is 5.56 Å². The highest BCUT2D eigenvalue weighted by Crippen LogP contribution is 2.15. The Morgan fingerprint density at radius 3 is 2.71 bits per heavy atom. The van der Waals surface area contributed by atoms with Gasteiger partial charge in [0.2, 0.25) is 0 Å². The molecule has 94 valence electrons. The summed E-state index contributed by atoms with van der Waals surface area (Å²) in [5.74, 6) is -1.12. The Balaban J connectivity index is 3.02. The summed E-state index contributed by atoms with van der Waals surface area (Å²) >= 11 is 0. The summed E-state index contributed by atoms with van der Waals surface area (Å²) in [7, 11) is 0. The number of H-pyrrole nitrogens is 1. The van der Waals surface area contributed by atoms with E-state index in [9.17, 15) is 14.7 Å².